The Morgan fingerprint density at radius 3 is 2.70 bits per heavy atom. The van der Waals surface area contributed by atoms with E-state index in [9.17, 15) is 9.90 Å². The molecular formula is C17H16N2O4. The number of imidazole rings is 1. The van der Waals surface area contributed by atoms with Gasteiger partial charge in [0.15, 0.2) is 23.0 Å². The van der Waals surface area contributed by atoms with Crippen molar-refractivity contribution in [3.63, 3.8) is 0 Å². The second-order valence-corrected chi connectivity index (χ2v) is 5.08. The maximum Gasteiger partial charge on any atom is 0.356 e. The molecule has 0 fully saturated rings. The van der Waals surface area contributed by atoms with Crippen molar-refractivity contribution in [2.75, 3.05) is 7.11 Å². The highest BCUT2D eigenvalue weighted by Crippen LogP contribution is 2.27. The lowest BCUT2D eigenvalue weighted by atomic mass is 10.2. The maximum absolute atomic E-state index is 11.4. The molecule has 0 atom stereocenters. The summed E-state index contributed by atoms with van der Waals surface area (Å²) in [5.41, 5.74) is 1.54. The van der Waals surface area contributed by atoms with Crippen molar-refractivity contribution in [3.8, 4) is 11.5 Å². The molecule has 0 spiro atoms. The molecule has 6 heteroatoms. The molecule has 0 amide bonds. The number of hydrogen-bond acceptors (Lipinski definition) is 4. The van der Waals surface area contributed by atoms with Crippen molar-refractivity contribution in [1.82, 2.24) is 9.38 Å². The van der Waals surface area contributed by atoms with Crippen LogP contribution in [0.3, 0.4) is 0 Å². The van der Waals surface area contributed by atoms with E-state index < -0.39 is 5.97 Å². The minimum atomic E-state index is -1.06. The summed E-state index contributed by atoms with van der Waals surface area (Å²) in [6.45, 7) is 2.04. The van der Waals surface area contributed by atoms with Crippen LogP contribution in [-0.4, -0.2) is 27.6 Å². The van der Waals surface area contributed by atoms with Crippen LogP contribution >= 0.6 is 0 Å². The Morgan fingerprint density at radius 2 is 2.00 bits per heavy atom. The number of hydrogen-bond donors (Lipinski definition) is 1. The molecule has 0 bridgehead atoms. The monoisotopic (exact) mass is 312 g/mol. The third kappa shape index (κ3) is 2.83. The summed E-state index contributed by atoms with van der Waals surface area (Å²) >= 11 is 0. The second kappa shape index (κ2) is 6.00. The number of fused-ring (bicyclic) bond motifs is 1. The van der Waals surface area contributed by atoms with E-state index in [1.54, 1.807) is 35.9 Å². The normalized spacial score (nSPS) is 10.7. The number of carboxylic acids is 1. The van der Waals surface area contributed by atoms with Crippen LogP contribution in [0.5, 0.6) is 11.5 Å². The zero-order valence-corrected chi connectivity index (χ0v) is 12.8. The number of carbonyl (C=O) groups is 1. The van der Waals surface area contributed by atoms with Crippen LogP contribution in [0.4, 0.5) is 0 Å². The van der Waals surface area contributed by atoms with Crippen molar-refractivity contribution in [2.24, 2.45) is 0 Å². The number of para-hydroxylation sites is 2. The molecule has 3 aromatic rings. The van der Waals surface area contributed by atoms with Gasteiger partial charge in [-0.2, -0.15) is 0 Å². The molecule has 1 aromatic carbocycles. The van der Waals surface area contributed by atoms with Crippen molar-refractivity contribution in [2.45, 2.75) is 13.5 Å². The summed E-state index contributed by atoms with van der Waals surface area (Å²) < 4.78 is 12.7. The van der Waals surface area contributed by atoms with Crippen molar-refractivity contribution in [1.29, 1.82) is 0 Å². The van der Waals surface area contributed by atoms with Gasteiger partial charge in [0, 0.05) is 6.20 Å². The quantitative estimate of drug-likeness (QED) is 0.784. The Balaban J connectivity index is 1.96. The van der Waals surface area contributed by atoms with E-state index in [1.807, 2.05) is 25.1 Å². The second-order valence-electron chi connectivity index (χ2n) is 5.08. The highest BCUT2D eigenvalue weighted by Gasteiger charge is 2.17. The molecule has 0 saturated carbocycles. The number of pyridine rings is 1. The smallest absolute Gasteiger partial charge is 0.356 e. The van der Waals surface area contributed by atoms with E-state index >= 15 is 0 Å². The van der Waals surface area contributed by atoms with Crippen molar-refractivity contribution < 1.29 is 19.4 Å². The Kier molecular flexibility index (Phi) is 3.89. The third-order valence-electron chi connectivity index (χ3n) is 3.50. The fourth-order valence-corrected chi connectivity index (χ4v) is 2.39. The highest BCUT2D eigenvalue weighted by molar-refractivity contribution is 5.93. The van der Waals surface area contributed by atoms with Crippen molar-refractivity contribution >= 4 is 11.5 Å². The molecule has 6 nitrogen and oxygen atoms in total. The maximum atomic E-state index is 11.4. The van der Waals surface area contributed by atoms with Crippen LogP contribution < -0.4 is 9.47 Å². The lowest BCUT2D eigenvalue weighted by Crippen LogP contribution is -2.02. The summed E-state index contributed by atoms with van der Waals surface area (Å²) in [6.07, 6.45) is 1.80. The number of aryl methyl sites for hydroxylation is 1. The summed E-state index contributed by atoms with van der Waals surface area (Å²) in [5.74, 6) is 0.651. The molecular weight excluding hydrogens is 296 g/mol. The van der Waals surface area contributed by atoms with Crippen LogP contribution in [0.1, 0.15) is 21.9 Å². The fraction of sp³-hybridized carbons (Fsp3) is 0.176. The highest BCUT2D eigenvalue weighted by atomic mass is 16.5. The number of methoxy groups -OCH3 is 1. The van der Waals surface area contributed by atoms with Crippen LogP contribution in [0, 0.1) is 6.92 Å². The molecule has 118 valence electrons. The first kappa shape index (κ1) is 14.9. The standard InChI is InChI=1S/C17H16N2O4/c1-11-7-8-19-12(9-11)16(17(20)21)18-15(19)10-23-14-6-4-3-5-13(14)22-2/h3-9H,10H2,1-2H3,(H,20,21). The zero-order chi connectivity index (χ0) is 16.4. The number of nitrogens with zero attached hydrogens (tertiary/aromatic N) is 2. The summed E-state index contributed by atoms with van der Waals surface area (Å²) in [7, 11) is 1.57. The Morgan fingerprint density at radius 1 is 1.26 bits per heavy atom. The van der Waals surface area contributed by atoms with E-state index in [1.165, 1.54) is 0 Å². The third-order valence-corrected chi connectivity index (χ3v) is 3.50. The molecule has 0 aliphatic rings. The molecule has 0 saturated heterocycles. The van der Waals surface area contributed by atoms with Gasteiger partial charge in [0.25, 0.3) is 0 Å². The Hall–Kier alpha value is -3.02. The van der Waals surface area contributed by atoms with Gasteiger partial charge in [-0.1, -0.05) is 12.1 Å². The summed E-state index contributed by atoms with van der Waals surface area (Å²) in [6, 6.07) is 11.0. The number of aromatic carboxylic acids is 1. The average Bonchev–Trinajstić information content (AvgIpc) is 2.91. The van der Waals surface area contributed by atoms with E-state index in [4.69, 9.17) is 9.47 Å². The molecule has 2 heterocycles. The predicted octanol–water partition coefficient (Wildman–Crippen LogP) is 2.93. The number of carboxylic acid groups (broad SMARTS) is 1. The minimum Gasteiger partial charge on any atom is -0.493 e. The van der Waals surface area contributed by atoms with Crippen LogP contribution in [0.25, 0.3) is 5.52 Å². The molecule has 23 heavy (non-hydrogen) atoms. The van der Waals surface area contributed by atoms with Crippen LogP contribution in [0.2, 0.25) is 0 Å². The number of ether oxygens (including phenoxy) is 2. The van der Waals surface area contributed by atoms with E-state index in [0.29, 0.717) is 22.8 Å². The lowest BCUT2D eigenvalue weighted by molar-refractivity contribution is 0.0693. The van der Waals surface area contributed by atoms with Gasteiger partial charge < -0.3 is 14.6 Å². The Labute approximate surface area is 132 Å². The topological polar surface area (TPSA) is 73.1 Å². The average molecular weight is 312 g/mol. The van der Waals surface area contributed by atoms with Gasteiger partial charge in [0.05, 0.1) is 12.6 Å². The summed E-state index contributed by atoms with van der Waals surface area (Å²) in [4.78, 5) is 15.6. The van der Waals surface area contributed by atoms with E-state index in [0.717, 1.165) is 5.56 Å². The number of aromatic nitrogens is 2. The largest absolute Gasteiger partial charge is 0.493 e. The lowest BCUT2D eigenvalue weighted by Gasteiger charge is -2.09. The van der Waals surface area contributed by atoms with Crippen molar-refractivity contribution in [3.05, 3.63) is 59.7 Å². The molecule has 0 unspecified atom stereocenters. The first-order valence-corrected chi connectivity index (χ1v) is 7.07. The SMILES string of the molecule is COc1ccccc1OCc1nc(C(=O)O)c2cc(C)ccn12. The van der Waals surface area contributed by atoms with Crippen LogP contribution in [-0.2, 0) is 6.61 Å². The van der Waals surface area contributed by atoms with E-state index in [2.05, 4.69) is 4.98 Å². The molecule has 0 aliphatic heterocycles. The molecule has 2 aromatic heterocycles. The molecule has 1 N–H and O–H groups in total. The predicted molar refractivity (Wildman–Crippen MR) is 84.2 cm³/mol. The van der Waals surface area contributed by atoms with Gasteiger partial charge in [-0.25, -0.2) is 9.78 Å². The number of benzene rings is 1. The molecule has 0 radical (unpaired) electrons. The van der Waals surface area contributed by atoms with Gasteiger partial charge >= 0.3 is 5.97 Å². The van der Waals surface area contributed by atoms with Gasteiger partial charge in [0.2, 0.25) is 0 Å². The van der Waals surface area contributed by atoms with E-state index in [-0.39, 0.29) is 12.3 Å². The first-order valence-electron chi connectivity index (χ1n) is 7.07. The van der Waals surface area contributed by atoms with Crippen LogP contribution in [0.15, 0.2) is 42.6 Å². The molecule has 0 aliphatic carbocycles. The first-order chi connectivity index (χ1) is 11.1. The molecule has 3 rings (SSSR count). The minimum absolute atomic E-state index is 0.0207. The number of rotatable bonds is 5. The zero-order valence-electron chi connectivity index (χ0n) is 12.8. The van der Waals surface area contributed by atoms with Gasteiger partial charge in [-0.05, 0) is 36.8 Å². The Bertz CT molecular complexity index is 870. The van der Waals surface area contributed by atoms with Gasteiger partial charge in [0.1, 0.15) is 6.61 Å². The summed E-state index contributed by atoms with van der Waals surface area (Å²) in [5, 5.41) is 9.32. The van der Waals surface area contributed by atoms with Gasteiger partial charge in [-0.3, -0.25) is 4.40 Å². The van der Waals surface area contributed by atoms with Gasteiger partial charge in [-0.15, -0.1) is 0 Å². The fourth-order valence-electron chi connectivity index (χ4n) is 2.39.